The highest BCUT2D eigenvalue weighted by atomic mass is 35.5. The summed E-state index contributed by atoms with van der Waals surface area (Å²) in [6.45, 7) is 1.26. The van der Waals surface area contributed by atoms with E-state index in [-0.39, 0.29) is 5.28 Å². The first-order chi connectivity index (χ1) is 10.3. The van der Waals surface area contributed by atoms with Gasteiger partial charge in [0.2, 0.25) is 11.8 Å². The smallest absolute Gasteiger partial charge is 0.263 e. The Morgan fingerprint density at radius 2 is 1.67 bits per heavy atom. The van der Waals surface area contributed by atoms with Crippen LogP contribution in [0.4, 0.5) is 5.95 Å². The Hall–Kier alpha value is -1.67. The van der Waals surface area contributed by atoms with Crippen molar-refractivity contribution in [2.75, 3.05) is 18.4 Å². The molecule has 0 unspecified atom stereocenters. The first-order valence-electron chi connectivity index (χ1n) is 7.03. The lowest BCUT2D eigenvalue weighted by Gasteiger charge is -1.93. The fourth-order valence-electron chi connectivity index (χ4n) is 1.70. The molecule has 2 aliphatic rings. The lowest BCUT2D eigenvalue weighted by Crippen LogP contribution is -2.13. The van der Waals surface area contributed by atoms with Crippen molar-refractivity contribution in [1.29, 1.82) is 0 Å². The van der Waals surface area contributed by atoms with Crippen molar-refractivity contribution >= 4 is 17.5 Å². The van der Waals surface area contributed by atoms with Crippen LogP contribution in [-0.4, -0.2) is 33.4 Å². The molecule has 0 atom stereocenters. The second kappa shape index (κ2) is 6.40. The zero-order chi connectivity index (χ0) is 14.7. The Kier molecular flexibility index (Phi) is 4.35. The van der Waals surface area contributed by atoms with E-state index in [4.69, 9.17) is 26.4 Å². The van der Waals surface area contributed by atoms with Crippen LogP contribution in [0.2, 0.25) is 5.28 Å². The maximum atomic E-state index is 5.42. The molecule has 9 heteroatoms. The molecule has 2 fully saturated rings. The molecule has 0 aliphatic heterocycles. The number of nitrogens with zero attached hydrogens (tertiary/aromatic N) is 4. The summed E-state index contributed by atoms with van der Waals surface area (Å²) in [7, 11) is 0. The standard InChI is InChI=1S/C7H12N4O.C5H5ClN2O/c8-3-4-9-7-10-6(12-11-7)5-1-2-5;6-5-7-4(9-8-5)3-1-2-3/h5H,1-4,8H2,(H,9,11);3H,1-2H2. The van der Waals surface area contributed by atoms with Gasteiger partial charge >= 0.3 is 0 Å². The molecular weight excluding hydrogens is 296 g/mol. The van der Waals surface area contributed by atoms with Gasteiger partial charge in [-0.25, -0.2) is 0 Å². The van der Waals surface area contributed by atoms with E-state index >= 15 is 0 Å². The van der Waals surface area contributed by atoms with E-state index in [0.717, 1.165) is 5.89 Å². The van der Waals surface area contributed by atoms with Gasteiger partial charge in [0.25, 0.3) is 11.2 Å². The van der Waals surface area contributed by atoms with Gasteiger partial charge in [0, 0.05) is 24.9 Å². The number of hydrogen-bond acceptors (Lipinski definition) is 8. The van der Waals surface area contributed by atoms with Crippen LogP contribution in [-0.2, 0) is 0 Å². The number of anilines is 1. The largest absolute Gasteiger partial charge is 0.350 e. The number of nitrogens with one attached hydrogen (secondary N) is 1. The number of nitrogens with two attached hydrogens (primary N) is 1. The van der Waals surface area contributed by atoms with Crippen LogP contribution in [0.3, 0.4) is 0 Å². The van der Waals surface area contributed by atoms with Crippen molar-refractivity contribution < 1.29 is 9.05 Å². The summed E-state index contributed by atoms with van der Waals surface area (Å²) in [5.41, 5.74) is 5.31. The molecule has 0 aromatic carbocycles. The van der Waals surface area contributed by atoms with Gasteiger partial charge in [-0.3, -0.25) is 0 Å². The zero-order valence-corrected chi connectivity index (χ0v) is 12.2. The molecule has 2 aromatic heterocycles. The van der Waals surface area contributed by atoms with Crippen molar-refractivity contribution in [3.05, 3.63) is 17.1 Å². The quantitative estimate of drug-likeness (QED) is 0.860. The second-order valence-corrected chi connectivity index (χ2v) is 5.46. The van der Waals surface area contributed by atoms with E-state index in [1.165, 1.54) is 25.7 Å². The molecule has 0 bridgehead atoms. The minimum atomic E-state index is 0.219. The molecule has 2 aromatic rings. The van der Waals surface area contributed by atoms with Crippen LogP contribution in [0.25, 0.3) is 0 Å². The third-order valence-corrected chi connectivity index (χ3v) is 3.29. The SMILES string of the molecule is Clc1noc(C2CC2)n1.NCCNc1noc(C2CC2)n1. The third kappa shape index (κ3) is 4.15. The summed E-state index contributed by atoms with van der Waals surface area (Å²) in [6, 6.07) is 0. The lowest BCUT2D eigenvalue weighted by molar-refractivity contribution is 0.379. The maximum Gasteiger partial charge on any atom is 0.263 e. The van der Waals surface area contributed by atoms with E-state index < -0.39 is 0 Å². The van der Waals surface area contributed by atoms with Crippen molar-refractivity contribution in [1.82, 2.24) is 20.3 Å². The molecule has 8 nitrogen and oxygen atoms in total. The van der Waals surface area contributed by atoms with Gasteiger partial charge in [0.15, 0.2) is 0 Å². The van der Waals surface area contributed by atoms with E-state index in [1.807, 2.05) is 0 Å². The number of halogens is 1. The molecule has 2 saturated carbocycles. The van der Waals surface area contributed by atoms with Gasteiger partial charge in [-0.05, 0) is 47.6 Å². The molecular formula is C12H17ClN6O2. The summed E-state index contributed by atoms with van der Waals surface area (Å²) in [4.78, 5) is 8.03. The van der Waals surface area contributed by atoms with Crippen LogP contribution in [0.5, 0.6) is 0 Å². The average Bonchev–Trinajstić information content (AvgIpc) is 3.42. The Morgan fingerprint density at radius 1 is 1.05 bits per heavy atom. The highest BCUT2D eigenvalue weighted by Crippen LogP contribution is 2.39. The summed E-state index contributed by atoms with van der Waals surface area (Å²) in [6.07, 6.45) is 4.69. The van der Waals surface area contributed by atoms with Crippen molar-refractivity contribution in [2.45, 2.75) is 37.5 Å². The van der Waals surface area contributed by atoms with Gasteiger partial charge < -0.3 is 20.1 Å². The monoisotopic (exact) mass is 312 g/mol. The normalized spacial score (nSPS) is 17.2. The van der Waals surface area contributed by atoms with Crippen LogP contribution in [0.15, 0.2) is 9.05 Å². The predicted octanol–water partition coefficient (Wildman–Crippen LogP) is 1.92. The van der Waals surface area contributed by atoms with Crippen LogP contribution in [0, 0.1) is 0 Å². The van der Waals surface area contributed by atoms with Crippen LogP contribution < -0.4 is 11.1 Å². The first-order valence-corrected chi connectivity index (χ1v) is 7.40. The second-order valence-electron chi connectivity index (χ2n) is 5.12. The van der Waals surface area contributed by atoms with E-state index in [2.05, 4.69) is 25.6 Å². The maximum absolute atomic E-state index is 5.42. The molecule has 0 spiro atoms. The molecule has 114 valence electrons. The summed E-state index contributed by atoms with van der Waals surface area (Å²) < 4.78 is 9.82. The van der Waals surface area contributed by atoms with Gasteiger partial charge in [0.05, 0.1) is 0 Å². The van der Waals surface area contributed by atoms with Gasteiger partial charge in [0.1, 0.15) is 0 Å². The fourth-order valence-corrected chi connectivity index (χ4v) is 1.82. The van der Waals surface area contributed by atoms with Gasteiger partial charge in [-0.2, -0.15) is 9.97 Å². The van der Waals surface area contributed by atoms with Crippen molar-refractivity contribution in [2.24, 2.45) is 5.73 Å². The Morgan fingerprint density at radius 3 is 2.19 bits per heavy atom. The molecule has 0 radical (unpaired) electrons. The highest BCUT2D eigenvalue weighted by Gasteiger charge is 2.30. The van der Waals surface area contributed by atoms with E-state index in [1.54, 1.807) is 0 Å². The molecule has 0 amide bonds. The molecule has 4 rings (SSSR count). The van der Waals surface area contributed by atoms with Crippen LogP contribution in [0.1, 0.15) is 49.3 Å². The summed E-state index contributed by atoms with van der Waals surface area (Å²) in [5.74, 6) is 3.03. The minimum absolute atomic E-state index is 0.219. The molecule has 2 heterocycles. The van der Waals surface area contributed by atoms with Gasteiger partial charge in [-0.1, -0.05) is 0 Å². The zero-order valence-electron chi connectivity index (χ0n) is 11.5. The topological polar surface area (TPSA) is 116 Å². The van der Waals surface area contributed by atoms with Crippen molar-refractivity contribution in [3.8, 4) is 0 Å². The predicted molar refractivity (Wildman–Crippen MR) is 75.1 cm³/mol. The average molecular weight is 313 g/mol. The van der Waals surface area contributed by atoms with E-state index in [0.29, 0.717) is 36.8 Å². The van der Waals surface area contributed by atoms with E-state index in [9.17, 15) is 0 Å². The Bertz CT molecular complexity index is 578. The summed E-state index contributed by atoms with van der Waals surface area (Å²) >= 11 is 5.42. The fraction of sp³-hybridized carbons (Fsp3) is 0.667. The summed E-state index contributed by atoms with van der Waals surface area (Å²) in [5, 5.41) is 10.4. The Labute approximate surface area is 126 Å². The Balaban J connectivity index is 0.000000131. The highest BCUT2D eigenvalue weighted by molar-refractivity contribution is 6.28. The lowest BCUT2D eigenvalue weighted by atomic mass is 10.4. The first kappa shape index (κ1) is 14.3. The van der Waals surface area contributed by atoms with Gasteiger partial charge in [-0.15, -0.1) is 0 Å². The molecule has 0 saturated heterocycles. The third-order valence-electron chi connectivity index (χ3n) is 3.14. The number of aromatic nitrogens is 4. The molecule has 2 aliphatic carbocycles. The molecule has 3 N–H and O–H groups in total. The number of rotatable bonds is 5. The van der Waals surface area contributed by atoms with Crippen molar-refractivity contribution in [3.63, 3.8) is 0 Å². The minimum Gasteiger partial charge on any atom is -0.350 e. The number of hydrogen-bond donors (Lipinski definition) is 2. The van der Waals surface area contributed by atoms with Crippen LogP contribution >= 0.6 is 11.6 Å². The molecule has 21 heavy (non-hydrogen) atoms.